The smallest absolute Gasteiger partial charge is 0.176 e. The Bertz CT molecular complexity index is 469. The summed E-state index contributed by atoms with van der Waals surface area (Å²) in [5.41, 5.74) is 6.34. The molecule has 0 atom stereocenters. The summed E-state index contributed by atoms with van der Waals surface area (Å²) in [4.78, 5) is 12.0. The first-order valence-corrected chi connectivity index (χ1v) is 7.74. The zero-order chi connectivity index (χ0) is 14.5. The third-order valence-electron chi connectivity index (χ3n) is 3.22. The summed E-state index contributed by atoms with van der Waals surface area (Å²) in [6.07, 6.45) is 3.55. The van der Waals surface area contributed by atoms with Gasteiger partial charge >= 0.3 is 0 Å². The normalized spacial score (nSPS) is 14.3. The first-order chi connectivity index (χ1) is 9.63. The van der Waals surface area contributed by atoms with Gasteiger partial charge in [0.05, 0.1) is 17.7 Å². The molecule has 1 aliphatic rings. The fourth-order valence-electron chi connectivity index (χ4n) is 1.92. The Balaban J connectivity index is 1.78. The molecule has 0 aliphatic heterocycles. The largest absolute Gasteiger partial charge is 0.492 e. The van der Waals surface area contributed by atoms with Crippen molar-refractivity contribution in [3.05, 3.63) is 4.88 Å². The van der Waals surface area contributed by atoms with Gasteiger partial charge in [-0.15, -0.1) is 11.3 Å². The Morgan fingerprint density at radius 1 is 1.50 bits per heavy atom. The van der Waals surface area contributed by atoms with Gasteiger partial charge in [-0.2, -0.15) is 0 Å². The van der Waals surface area contributed by atoms with E-state index in [0.29, 0.717) is 16.3 Å². The molecule has 2 rings (SSSR count). The molecule has 1 aromatic rings. The number of thiophene rings is 1. The molecule has 112 valence electrons. The molecule has 20 heavy (non-hydrogen) atoms. The summed E-state index contributed by atoms with van der Waals surface area (Å²) in [7, 11) is 1.56. The van der Waals surface area contributed by atoms with Crippen LogP contribution in [0.4, 0.5) is 10.7 Å². The number of nitrogens with one attached hydrogen (secondary N) is 1. The molecule has 0 saturated heterocycles. The standard InChI is InChI=1S/C14H22N2O3S/c1-9(17)13-11(15)12(18-2)14(20-13)16-6-3-7-19-8-10-4-5-10/h10,16H,3-8,15H2,1-2H3. The lowest BCUT2D eigenvalue weighted by molar-refractivity contribution is 0.102. The minimum Gasteiger partial charge on any atom is -0.492 e. The van der Waals surface area contributed by atoms with Crippen molar-refractivity contribution in [2.24, 2.45) is 5.92 Å². The van der Waals surface area contributed by atoms with Crippen molar-refractivity contribution in [3.63, 3.8) is 0 Å². The van der Waals surface area contributed by atoms with Gasteiger partial charge in [0.15, 0.2) is 11.5 Å². The molecule has 1 saturated carbocycles. The summed E-state index contributed by atoms with van der Waals surface area (Å²) < 4.78 is 10.8. The van der Waals surface area contributed by atoms with Gasteiger partial charge in [0, 0.05) is 26.7 Å². The van der Waals surface area contributed by atoms with E-state index in [1.807, 2.05) is 0 Å². The highest BCUT2D eigenvalue weighted by Gasteiger charge is 2.21. The number of ketones is 1. The van der Waals surface area contributed by atoms with Crippen LogP contribution in [0.25, 0.3) is 0 Å². The molecule has 1 aromatic heterocycles. The second kappa shape index (κ2) is 6.95. The third kappa shape index (κ3) is 3.86. The predicted molar refractivity (Wildman–Crippen MR) is 81.9 cm³/mol. The molecule has 0 spiro atoms. The van der Waals surface area contributed by atoms with E-state index in [-0.39, 0.29) is 5.78 Å². The zero-order valence-electron chi connectivity index (χ0n) is 12.0. The number of nitrogen functional groups attached to an aromatic ring is 1. The van der Waals surface area contributed by atoms with Crippen LogP contribution in [-0.2, 0) is 4.74 Å². The lowest BCUT2D eigenvalue weighted by Gasteiger charge is -2.07. The van der Waals surface area contributed by atoms with Gasteiger partial charge in [0.25, 0.3) is 0 Å². The number of carbonyl (C=O) groups is 1. The fraction of sp³-hybridized carbons (Fsp3) is 0.643. The van der Waals surface area contributed by atoms with Crippen molar-refractivity contribution in [2.75, 3.05) is 37.9 Å². The van der Waals surface area contributed by atoms with E-state index in [1.165, 1.54) is 31.1 Å². The molecule has 1 heterocycles. The van der Waals surface area contributed by atoms with Gasteiger partial charge in [-0.05, 0) is 25.2 Å². The van der Waals surface area contributed by atoms with Crippen LogP contribution < -0.4 is 15.8 Å². The maximum atomic E-state index is 11.5. The molecule has 3 N–H and O–H groups in total. The fourth-order valence-corrected chi connectivity index (χ4v) is 2.93. The van der Waals surface area contributed by atoms with Crippen molar-refractivity contribution in [1.82, 2.24) is 0 Å². The van der Waals surface area contributed by atoms with Gasteiger partial charge < -0.3 is 20.5 Å². The molecule has 6 heteroatoms. The molecular formula is C14H22N2O3S. The Labute approximate surface area is 123 Å². The van der Waals surface area contributed by atoms with Gasteiger partial charge in [-0.1, -0.05) is 0 Å². The lowest BCUT2D eigenvalue weighted by atomic mass is 10.3. The summed E-state index contributed by atoms with van der Waals surface area (Å²) in [5, 5.41) is 4.08. The molecule has 0 unspecified atom stereocenters. The number of Topliss-reactive ketones (excluding diaryl/α,β-unsaturated/α-hetero) is 1. The Hall–Kier alpha value is -1.27. The van der Waals surface area contributed by atoms with E-state index < -0.39 is 0 Å². The molecule has 1 aliphatic carbocycles. The van der Waals surface area contributed by atoms with E-state index in [1.54, 1.807) is 7.11 Å². The summed E-state index contributed by atoms with van der Waals surface area (Å²) in [6.45, 7) is 3.94. The van der Waals surface area contributed by atoms with E-state index in [9.17, 15) is 4.79 Å². The maximum Gasteiger partial charge on any atom is 0.176 e. The molecule has 0 amide bonds. The number of methoxy groups -OCH3 is 1. The maximum absolute atomic E-state index is 11.5. The molecule has 1 fully saturated rings. The average Bonchev–Trinajstić information content (AvgIpc) is 3.17. The molecule has 0 bridgehead atoms. The van der Waals surface area contributed by atoms with E-state index >= 15 is 0 Å². The van der Waals surface area contributed by atoms with Crippen LogP contribution in [0, 0.1) is 5.92 Å². The average molecular weight is 298 g/mol. The Morgan fingerprint density at radius 3 is 2.85 bits per heavy atom. The van der Waals surface area contributed by atoms with Crippen LogP contribution in [0.5, 0.6) is 5.75 Å². The first-order valence-electron chi connectivity index (χ1n) is 6.92. The summed E-state index contributed by atoms with van der Waals surface area (Å²) in [6, 6.07) is 0. The van der Waals surface area contributed by atoms with Crippen molar-refractivity contribution >= 4 is 27.8 Å². The monoisotopic (exact) mass is 298 g/mol. The number of nitrogens with two attached hydrogens (primary N) is 1. The van der Waals surface area contributed by atoms with Gasteiger partial charge in [0.1, 0.15) is 5.00 Å². The SMILES string of the molecule is COc1c(NCCCOCC2CC2)sc(C(C)=O)c1N. The van der Waals surface area contributed by atoms with Crippen LogP contribution in [-0.4, -0.2) is 32.7 Å². The topological polar surface area (TPSA) is 73.6 Å². The van der Waals surface area contributed by atoms with Crippen LogP contribution in [0.1, 0.15) is 35.9 Å². The Kier molecular flexibility index (Phi) is 5.25. The number of ether oxygens (including phenoxy) is 2. The minimum atomic E-state index is -0.0355. The summed E-state index contributed by atoms with van der Waals surface area (Å²) in [5.74, 6) is 1.34. The van der Waals surface area contributed by atoms with Crippen molar-refractivity contribution in [3.8, 4) is 5.75 Å². The number of anilines is 2. The van der Waals surface area contributed by atoms with E-state index in [4.69, 9.17) is 15.2 Å². The third-order valence-corrected chi connectivity index (χ3v) is 4.47. The quantitative estimate of drug-likeness (QED) is 0.542. The van der Waals surface area contributed by atoms with Crippen LogP contribution in [0.15, 0.2) is 0 Å². The number of rotatable bonds is 9. The Morgan fingerprint density at radius 2 is 2.25 bits per heavy atom. The van der Waals surface area contributed by atoms with E-state index in [2.05, 4.69) is 5.32 Å². The first kappa shape index (κ1) is 15.1. The molecule has 0 radical (unpaired) electrons. The number of hydrogen-bond acceptors (Lipinski definition) is 6. The molecule has 5 nitrogen and oxygen atoms in total. The number of hydrogen-bond donors (Lipinski definition) is 2. The highest BCUT2D eigenvalue weighted by Crippen LogP contribution is 2.42. The van der Waals surface area contributed by atoms with Crippen LogP contribution in [0.2, 0.25) is 0 Å². The zero-order valence-corrected chi connectivity index (χ0v) is 12.8. The lowest BCUT2D eigenvalue weighted by Crippen LogP contribution is -2.06. The van der Waals surface area contributed by atoms with Gasteiger partial charge in [-0.25, -0.2) is 0 Å². The van der Waals surface area contributed by atoms with Crippen molar-refractivity contribution in [2.45, 2.75) is 26.2 Å². The second-order valence-electron chi connectivity index (χ2n) is 5.06. The molecule has 0 aromatic carbocycles. The minimum absolute atomic E-state index is 0.0355. The van der Waals surface area contributed by atoms with E-state index in [0.717, 1.165) is 37.1 Å². The highest BCUT2D eigenvalue weighted by atomic mass is 32.1. The van der Waals surface area contributed by atoms with Crippen molar-refractivity contribution < 1.29 is 14.3 Å². The highest BCUT2D eigenvalue weighted by molar-refractivity contribution is 7.19. The second-order valence-corrected chi connectivity index (χ2v) is 6.08. The van der Waals surface area contributed by atoms with Gasteiger partial charge in [0.2, 0.25) is 0 Å². The molecular weight excluding hydrogens is 276 g/mol. The predicted octanol–water partition coefficient (Wildman–Crippen LogP) is 2.77. The van der Waals surface area contributed by atoms with Crippen LogP contribution >= 0.6 is 11.3 Å². The summed E-state index contributed by atoms with van der Waals surface area (Å²) >= 11 is 1.35. The van der Waals surface area contributed by atoms with Gasteiger partial charge in [-0.3, -0.25) is 4.79 Å². The van der Waals surface area contributed by atoms with Crippen LogP contribution in [0.3, 0.4) is 0 Å². The number of carbonyl (C=O) groups excluding carboxylic acids is 1. The van der Waals surface area contributed by atoms with Crippen molar-refractivity contribution in [1.29, 1.82) is 0 Å².